The number of hydrogen-bond donors (Lipinski definition) is 2. The molecule has 10 heteroatoms. The molecule has 2 atom stereocenters. The van der Waals surface area contributed by atoms with Crippen molar-refractivity contribution in [1.82, 2.24) is 15.1 Å². The van der Waals surface area contributed by atoms with Crippen molar-refractivity contribution in [1.29, 1.82) is 0 Å². The number of carbonyl (C=O) groups excluding carboxylic acids is 2. The number of piperazine rings is 1. The van der Waals surface area contributed by atoms with Gasteiger partial charge in [-0.3, -0.25) is 14.7 Å². The summed E-state index contributed by atoms with van der Waals surface area (Å²) in [4.78, 5) is 35.1. The van der Waals surface area contributed by atoms with Gasteiger partial charge in [0.1, 0.15) is 24.2 Å². The normalized spacial score (nSPS) is 18.9. The van der Waals surface area contributed by atoms with E-state index < -0.39 is 12.1 Å². The van der Waals surface area contributed by atoms with Crippen molar-refractivity contribution in [2.45, 2.75) is 32.0 Å². The number of halogens is 2. The molecule has 8 nitrogen and oxygen atoms in total. The number of amides is 3. The maximum atomic E-state index is 14.4. The molecule has 5 rings (SSSR count). The van der Waals surface area contributed by atoms with Gasteiger partial charge in [0, 0.05) is 41.9 Å². The van der Waals surface area contributed by atoms with Crippen LogP contribution in [0.1, 0.15) is 42.6 Å². The van der Waals surface area contributed by atoms with Crippen molar-refractivity contribution in [2.24, 2.45) is 4.99 Å². The number of ether oxygens (including phenoxy) is 1. The Kier molecular flexibility index (Phi) is 8.19. The number of amidine groups is 1. The highest BCUT2D eigenvalue weighted by Crippen LogP contribution is 2.45. The minimum absolute atomic E-state index is 0.0321. The number of urea groups is 1. The van der Waals surface area contributed by atoms with E-state index in [1.807, 2.05) is 75.5 Å². The first-order valence-electron chi connectivity index (χ1n) is 13.2. The molecule has 2 heterocycles. The summed E-state index contributed by atoms with van der Waals surface area (Å²) in [5, 5.41) is 7.15. The van der Waals surface area contributed by atoms with E-state index in [-0.39, 0.29) is 24.6 Å². The maximum Gasteiger partial charge on any atom is 0.326 e. The summed E-state index contributed by atoms with van der Waals surface area (Å²) in [6, 6.07) is 19.4. The molecule has 2 aliphatic rings. The maximum absolute atomic E-state index is 14.4. The summed E-state index contributed by atoms with van der Waals surface area (Å²) in [6.45, 7) is 4.65. The molecule has 0 aromatic heterocycles. The molecule has 1 fully saturated rings. The lowest BCUT2D eigenvalue weighted by Gasteiger charge is -2.36. The third-order valence-electron chi connectivity index (χ3n) is 6.88. The van der Waals surface area contributed by atoms with E-state index in [4.69, 9.17) is 32.9 Å². The predicted molar refractivity (Wildman–Crippen MR) is 158 cm³/mol. The van der Waals surface area contributed by atoms with Gasteiger partial charge in [-0.2, -0.15) is 0 Å². The molecule has 0 radical (unpaired) electrons. The van der Waals surface area contributed by atoms with Crippen molar-refractivity contribution in [3.63, 3.8) is 0 Å². The van der Waals surface area contributed by atoms with Gasteiger partial charge in [-0.25, -0.2) is 4.79 Å². The van der Waals surface area contributed by atoms with Crippen LogP contribution in [0.15, 0.2) is 71.7 Å². The molecule has 3 aromatic rings. The average Bonchev–Trinajstić information content (AvgIpc) is 3.33. The molecule has 3 aromatic carbocycles. The lowest BCUT2D eigenvalue weighted by atomic mass is 9.93. The van der Waals surface area contributed by atoms with E-state index in [0.717, 1.165) is 16.8 Å². The number of hydrogen-bond acceptors (Lipinski definition) is 5. The summed E-state index contributed by atoms with van der Waals surface area (Å²) in [5.41, 5.74) is 3.30. The van der Waals surface area contributed by atoms with Gasteiger partial charge in [-0.15, -0.1) is 0 Å². The number of nitrogens with zero attached hydrogens (tertiary/aromatic N) is 3. The van der Waals surface area contributed by atoms with E-state index in [0.29, 0.717) is 40.3 Å². The molecule has 1 saturated heterocycles. The van der Waals surface area contributed by atoms with Crippen molar-refractivity contribution in [3.05, 3.63) is 93.5 Å². The number of nitrogens with one attached hydrogen (secondary N) is 2. The van der Waals surface area contributed by atoms with Gasteiger partial charge in [0.25, 0.3) is 0 Å². The largest absolute Gasteiger partial charge is 0.490 e. The van der Waals surface area contributed by atoms with Crippen LogP contribution in [0.5, 0.6) is 5.75 Å². The Hall–Kier alpha value is -3.75. The third kappa shape index (κ3) is 5.74. The zero-order valence-corrected chi connectivity index (χ0v) is 24.0. The van der Waals surface area contributed by atoms with Crippen LogP contribution in [0.4, 0.5) is 10.5 Å². The predicted octanol–water partition coefficient (Wildman–Crippen LogP) is 5.92. The first-order valence-corrected chi connectivity index (χ1v) is 13.9. The monoisotopic (exact) mass is 579 g/mol. The smallest absolute Gasteiger partial charge is 0.326 e. The molecule has 0 aliphatic carbocycles. The summed E-state index contributed by atoms with van der Waals surface area (Å²) >= 11 is 12.5. The molecular formula is C30H31Cl2N5O3. The molecule has 0 saturated carbocycles. The van der Waals surface area contributed by atoms with Gasteiger partial charge in [-0.05, 0) is 61.4 Å². The topological polar surface area (TPSA) is 86.3 Å². The molecule has 208 valence electrons. The Morgan fingerprint density at radius 1 is 1.02 bits per heavy atom. The van der Waals surface area contributed by atoms with Crippen molar-refractivity contribution < 1.29 is 14.3 Å². The molecule has 2 N–H and O–H groups in total. The zero-order chi connectivity index (χ0) is 28.4. The fourth-order valence-corrected chi connectivity index (χ4v) is 5.27. The van der Waals surface area contributed by atoms with Crippen molar-refractivity contribution in [3.8, 4) is 5.75 Å². The highest BCUT2D eigenvalue weighted by Gasteiger charge is 2.45. The minimum atomic E-state index is -0.512. The fraction of sp³-hybridized carbons (Fsp3) is 0.300. The van der Waals surface area contributed by atoms with Gasteiger partial charge < -0.3 is 20.3 Å². The zero-order valence-electron chi connectivity index (χ0n) is 22.5. The number of anilines is 1. The van der Waals surface area contributed by atoms with Gasteiger partial charge >= 0.3 is 6.03 Å². The van der Waals surface area contributed by atoms with Gasteiger partial charge in [0.05, 0.1) is 17.7 Å². The van der Waals surface area contributed by atoms with Crippen molar-refractivity contribution >= 4 is 46.7 Å². The Morgan fingerprint density at radius 3 is 2.27 bits per heavy atom. The number of carbonyl (C=O) groups is 2. The standard InChI is InChI=1S/C30H31Cl2N5O3/c1-18(2)40-25-16-23(33-3)12-13-24(25)29-35-27(19-4-8-21(31)9-5-19)28(20-6-10-22(32)11-7-20)37(29)30(39)36-15-14-34-26(38)17-36/h4-13,16,18,27-28,33H,14-15,17H2,1-3H3,(H,34,38). The summed E-state index contributed by atoms with van der Waals surface area (Å²) in [5.74, 6) is 0.868. The van der Waals surface area contributed by atoms with Crippen LogP contribution in [-0.4, -0.2) is 60.4 Å². The van der Waals surface area contributed by atoms with Gasteiger partial charge in [0.15, 0.2) is 0 Å². The Labute approximate surface area is 243 Å². The van der Waals surface area contributed by atoms with E-state index in [1.165, 1.54) is 0 Å². The lowest BCUT2D eigenvalue weighted by Crippen LogP contribution is -2.55. The number of benzene rings is 3. The highest BCUT2D eigenvalue weighted by atomic mass is 35.5. The molecule has 2 aliphatic heterocycles. The van der Waals surface area contributed by atoms with Crippen LogP contribution in [-0.2, 0) is 4.79 Å². The second-order valence-electron chi connectivity index (χ2n) is 10.00. The molecule has 0 spiro atoms. The van der Waals surface area contributed by atoms with Crippen LogP contribution in [0.2, 0.25) is 10.0 Å². The van der Waals surface area contributed by atoms with E-state index in [2.05, 4.69) is 10.6 Å². The van der Waals surface area contributed by atoms with Gasteiger partial charge in [-0.1, -0.05) is 47.5 Å². The van der Waals surface area contributed by atoms with Crippen molar-refractivity contribution in [2.75, 3.05) is 32.0 Å². The first kappa shape index (κ1) is 27.8. The quantitative estimate of drug-likeness (QED) is 0.379. The van der Waals surface area contributed by atoms with Crippen LogP contribution < -0.4 is 15.4 Å². The fourth-order valence-electron chi connectivity index (χ4n) is 5.02. The molecule has 40 heavy (non-hydrogen) atoms. The second-order valence-corrected chi connectivity index (χ2v) is 10.9. The molecular weight excluding hydrogens is 549 g/mol. The van der Waals surface area contributed by atoms with Crippen LogP contribution in [0, 0.1) is 0 Å². The molecule has 2 unspecified atom stereocenters. The summed E-state index contributed by atoms with van der Waals surface area (Å²) in [6.07, 6.45) is -0.109. The van der Waals surface area contributed by atoms with Gasteiger partial charge in [0.2, 0.25) is 5.91 Å². The first-order chi connectivity index (χ1) is 19.2. The summed E-state index contributed by atoms with van der Waals surface area (Å²) < 4.78 is 6.23. The van der Waals surface area contributed by atoms with E-state index >= 15 is 0 Å². The highest BCUT2D eigenvalue weighted by molar-refractivity contribution is 6.30. The average molecular weight is 581 g/mol. The van der Waals surface area contributed by atoms with Crippen LogP contribution >= 0.6 is 23.2 Å². The molecule has 3 amide bonds. The third-order valence-corrected chi connectivity index (χ3v) is 7.38. The second kappa shape index (κ2) is 11.8. The Bertz CT molecular complexity index is 1430. The van der Waals surface area contributed by atoms with Crippen LogP contribution in [0.25, 0.3) is 0 Å². The molecule has 0 bridgehead atoms. The number of aliphatic imine (C=N–C) groups is 1. The lowest BCUT2D eigenvalue weighted by molar-refractivity contribution is -0.123. The summed E-state index contributed by atoms with van der Waals surface area (Å²) in [7, 11) is 1.84. The SMILES string of the molecule is CNc1ccc(C2=NC(c3ccc(Cl)cc3)C(c3ccc(Cl)cc3)N2C(=O)N2CCNC(=O)C2)c(OC(C)C)c1. The van der Waals surface area contributed by atoms with E-state index in [9.17, 15) is 9.59 Å². The number of rotatable bonds is 6. The van der Waals surface area contributed by atoms with Crippen LogP contribution in [0.3, 0.4) is 0 Å². The Balaban J connectivity index is 1.71. The van der Waals surface area contributed by atoms with E-state index in [1.54, 1.807) is 21.9 Å². The minimum Gasteiger partial charge on any atom is -0.490 e. The Morgan fingerprint density at radius 2 is 1.68 bits per heavy atom.